The third-order valence-electron chi connectivity index (χ3n) is 4.03. The average Bonchev–Trinajstić information content (AvgIpc) is 2.64. The molecule has 0 saturated carbocycles. The number of carboxylic acids is 1. The number of amides is 1. The van der Waals surface area contributed by atoms with E-state index in [-0.39, 0.29) is 23.0 Å². The summed E-state index contributed by atoms with van der Waals surface area (Å²) in [5.74, 6) is -1.74. The van der Waals surface area contributed by atoms with Gasteiger partial charge in [0.25, 0.3) is 5.56 Å². The highest BCUT2D eigenvalue weighted by Gasteiger charge is 2.17. The molecule has 0 aliphatic carbocycles. The molecular weight excluding hydrogens is 348 g/mol. The van der Waals surface area contributed by atoms with Crippen LogP contribution in [0.25, 0.3) is 10.8 Å². The van der Waals surface area contributed by atoms with Gasteiger partial charge in [0.1, 0.15) is 6.54 Å². The van der Waals surface area contributed by atoms with E-state index in [1.807, 2.05) is 31.1 Å². The highest BCUT2D eigenvalue weighted by molar-refractivity contribution is 6.01. The van der Waals surface area contributed by atoms with Crippen LogP contribution < -0.4 is 15.8 Å². The Labute approximate surface area is 154 Å². The Morgan fingerprint density at radius 2 is 1.70 bits per heavy atom. The van der Waals surface area contributed by atoms with Gasteiger partial charge < -0.3 is 15.3 Å². The summed E-state index contributed by atoms with van der Waals surface area (Å²) < 4.78 is 0.870. The first kappa shape index (κ1) is 18.1. The maximum absolute atomic E-state index is 12.5. The molecule has 1 aromatic heterocycles. The van der Waals surface area contributed by atoms with Gasteiger partial charge in [-0.25, -0.2) is 9.48 Å². The van der Waals surface area contributed by atoms with E-state index in [0.717, 1.165) is 10.4 Å². The third-order valence-corrected chi connectivity index (χ3v) is 4.03. The van der Waals surface area contributed by atoms with E-state index in [9.17, 15) is 19.5 Å². The highest BCUT2D eigenvalue weighted by Crippen LogP contribution is 2.16. The second-order valence-corrected chi connectivity index (χ2v) is 6.15. The van der Waals surface area contributed by atoms with E-state index in [1.165, 1.54) is 12.1 Å². The molecule has 27 heavy (non-hydrogen) atoms. The van der Waals surface area contributed by atoms with Crippen molar-refractivity contribution in [2.75, 3.05) is 24.3 Å². The fraction of sp³-hybridized carbons (Fsp3) is 0.158. The summed E-state index contributed by atoms with van der Waals surface area (Å²) in [5, 5.41) is 16.3. The summed E-state index contributed by atoms with van der Waals surface area (Å²) in [4.78, 5) is 38.2. The number of carbonyl (C=O) groups is 2. The first-order valence-electron chi connectivity index (χ1n) is 8.17. The number of benzene rings is 2. The van der Waals surface area contributed by atoms with Crippen molar-refractivity contribution < 1.29 is 14.7 Å². The number of aromatic carboxylic acids is 1. The lowest BCUT2D eigenvalue weighted by Gasteiger charge is -2.13. The molecule has 0 fully saturated rings. The van der Waals surface area contributed by atoms with Crippen LogP contribution in [0, 0.1) is 0 Å². The molecule has 0 unspecified atom stereocenters. The summed E-state index contributed by atoms with van der Waals surface area (Å²) in [5.41, 5.74) is 0.756. The lowest BCUT2D eigenvalue weighted by molar-refractivity contribution is -0.117. The molecule has 1 heterocycles. The average molecular weight is 366 g/mol. The first-order chi connectivity index (χ1) is 12.9. The zero-order chi connectivity index (χ0) is 19.6. The van der Waals surface area contributed by atoms with E-state index < -0.39 is 17.4 Å². The summed E-state index contributed by atoms with van der Waals surface area (Å²) in [7, 11) is 3.82. The summed E-state index contributed by atoms with van der Waals surface area (Å²) in [6, 6.07) is 13.5. The molecular formula is C19H18N4O4. The van der Waals surface area contributed by atoms with Gasteiger partial charge in [-0.05, 0) is 30.3 Å². The molecule has 2 aromatic carbocycles. The van der Waals surface area contributed by atoms with Gasteiger partial charge in [0.2, 0.25) is 5.91 Å². The molecule has 0 aliphatic heterocycles. The number of rotatable bonds is 5. The molecule has 138 valence electrons. The van der Waals surface area contributed by atoms with Gasteiger partial charge in [-0.1, -0.05) is 18.2 Å². The van der Waals surface area contributed by atoms with E-state index >= 15 is 0 Å². The largest absolute Gasteiger partial charge is 0.476 e. The molecule has 0 bridgehead atoms. The minimum Gasteiger partial charge on any atom is -0.476 e. The molecule has 8 nitrogen and oxygen atoms in total. The normalized spacial score (nSPS) is 10.6. The van der Waals surface area contributed by atoms with Crippen molar-refractivity contribution in [1.29, 1.82) is 0 Å². The second-order valence-electron chi connectivity index (χ2n) is 6.15. The Kier molecular flexibility index (Phi) is 4.89. The Morgan fingerprint density at radius 1 is 1.07 bits per heavy atom. The maximum Gasteiger partial charge on any atom is 0.357 e. The van der Waals surface area contributed by atoms with Crippen LogP contribution in [0.5, 0.6) is 0 Å². The molecule has 0 aliphatic rings. The lowest BCUT2D eigenvalue weighted by Crippen LogP contribution is -2.31. The van der Waals surface area contributed by atoms with Crippen LogP contribution in [-0.2, 0) is 11.3 Å². The van der Waals surface area contributed by atoms with E-state index in [2.05, 4.69) is 10.4 Å². The quantitative estimate of drug-likeness (QED) is 0.713. The number of carbonyl (C=O) groups excluding carboxylic acids is 1. The summed E-state index contributed by atoms with van der Waals surface area (Å²) in [6.45, 7) is -0.390. The van der Waals surface area contributed by atoms with Crippen molar-refractivity contribution in [1.82, 2.24) is 9.78 Å². The van der Waals surface area contributed by atoms with Crippen LogP contribution >= 0.6 is 0 Å². The smallest absolute Gasteiger partial charge is 0.357 e. The van der Waals surface area contributed by atoms with Crippen LogP contribution in [0.4, 0.5) is 11.4 Å². The van der Waals surface area contributed by atoms with Crippen molar-refractivity contribution in [3.05, 3.63) is 64.6 Å². The van der Waals surface area contributed by atoms with Gasteiger partial charge in [0, 0.05) is 30.9 Å². The molecule has 8 heteroatoms. The lowest BCUT2D eigenvalue weighted by atomic mass is 10.1. The number of aromatic nitrogens is 2. The fourth-order valence-electron chi connectivity index (χ4n) is 2.68. The Bertz CT molecular complexity index is 1070. The van der Waals surface area contributed by atoms with Crippen molar-refractivity contribution in [3.8, 4) is 0 Å². The van der Waals surface area contributed by atoms with Crippen LogP contribution in [0.1, 0.15) is 10.5 Å². The first-order valence-corrected chi connectivity index (χ1v) is 8.17. The zero-order valence-corrected chi connectivity index (χ0v) is 14.8. The van der Waals surface area contributed by atoms with Crippen molar-refractivity contribution >= 4 is 34.0 Å². The summed E-state index contributed by atoms with van der Waals surface area (Å²) >= 11 is 0. The van der Waals surface area contributed by atoms with Crippen molar-refractivity contribution in [2.24, 2.45) is 0 Å². The minimum atomic E-state index is -1.26. The van der Waals surface area contributed by atoms with Gasteiger partial charge in [-0.15, -0.1) is 0 Å². The number of carboxylic acid groups (broad SMARTS) is 1. The summed E-state index contributed by atoms with van der Waals surface area (Å²) in [6.07, 6.45) is 0. The molecule has 2 N–H and O–H groups in total. The van der Waals surface area contributed by atoms with Gasteiger partial charge in [0.15, 0.2) is 5.69 Å². The number of anilines is 2. The minimum absolute atomic E-state index is 0.202. The van der Waals surface area contributed by atoms with E-state index in [4.69, 9.17) is 0 Å². The maximum atomic E-state index is 12.5. The topological polar surface area (TPSA) is 105 Å². The number of hydrogen-bond donors (Lipinski definition) is 2. The van der Waals surface area contributed by atoms with Crippen LogP contribution in [-0.4, -0.2) is 40.9 Å². The highest BCUT2D eigenvalue weighted by atomic mass is 16.4. The molecule has 3 rings (SSSR count). The standard InChI is InChI=1S/C19H18N4O4/c1-22(2)13-9-7-12(8-10-13)20-16(24)11-23-18(25)15-6-4-3-5-14(15)17(21-23)19(26)27/h3-10H,11H2,1-2H3,(H,20,24)(H,26,27). The molecule has 0 radical (unpaired) electrons. The number of fused-ring (bicyclic) bond motifs is 1. The van der Waals surface area contributed by atoms with Crippen LogP contribution in [0.15, 0.2) is 53.3 Å². The Hall–Kier alpha value is -3.68. The predicted molar refractivity (Wildman–Crippen MR) is 102 cm³/mol. The Balaban J connectivity index is 1.87. The van der Waals surface area contributed by atoms with E-state index in [1.54, 1.807) is 24.3 Å². The number of nitrogens with one attached hydrogen (secondary N) is 1. The number of hydrogen-bond acceptors (Lipinski definition) is 5. The second kappa shape index (κ2) is 7.28. The Morgan fingerprint density at radius 3 is 2.30 bits per heavy atom. The van der Waals surface area contributed by atoms with Crippen LogP contribution in [0.3, 0.4) is 0 Å². The third kappa shape index (κ3) is 3.79. The van der Waals surface area contributed by atoms with Crippen molar-refractivity contribution in [2.45, 2.75) is 6.54 Å². The van der Waals surface area contributed by atoms with Gasteiger partial charge >= 0.3 is 5.97 Å². The molecule has 1 amide bonds. The van der Waals surface area contributed by atoms with Crippen molar-refractivity contribution in [3.63, 3.8) is 0 Å². The molecule has 0 spiro atoms. The molecule has 0 atom stereocenters. The van der Waals surface area contributed by atoms with Crippen LogP contribution in [0.2, 0.25) is 0 Å². The fourth-order valence-corrected chi connectivity index (χ4v) is 2.68. The van der Waals surface area contributed by atoms with Gasteiger partial charge in [-0.3, -0.25) is 9.59 Å². The number of nitrogens with zero attached hydrogens (tertiary/aromatic N) is 3. The van der Waals surface area contributed by atoms with Gasteiger partial charge in [-0.2, -0.15) is 5.10 Å². The van der Waals surface area contributed by atoms with Gasteiger partial charge in [0.05, 0.1) is 5.39 Å². The van der Waals surface area contributed by atoms with E-state index in [0.29, 0.717) is 5.69 Å². The monoisotopic (exact) mass is 366 g/mol. The SMILES string of the molecule is CN(C)c1ccc(NC(=O)Cn2nc(C(=O)O)c3ccccc3c2=O)cc1. The zero-order valence-electron chi connectivity index (χ0n) is 14.8. The molecule has 3 aromatic rings. The molecule has 0 saturated heterocycles. The predicted octanol–water partition coefficient (Wildman–Crippen LogP) is 1.80.